The topological polar surface area (TPSA) is 43.8 Å². The third kappa shape index (κ3) is 3.75. The highest BCUT2D eigenvalue weighted by Gasteiger charge is 2.19. The maximum atomic E-state index is 12.8. The smallest absolute Gasteiger partial charge is 0.253 e. The van der Waals surface area contributed by atoms with Crippen molar-refractivity contribution in [3.63, 3.8) is 0 Å². The Kier molecular flexibility index (Phi) is 5.62. The lowest BCUT2D eigenvalue weighted by Crippen LogP contribution is -2.35. The molecule has 1 aliphatic heterocycles. The standard InChI is InChI=1S/C22H28N2O2/c1-4-23-12-5-13-24(15-14-23)22(26)19-8-6-18(7-9-19)20-10-11-21(25)17(3)16(20)2/h6-11,25H,4-5,12-15H2,1-3H3. The lowest BCUT2D eigenvalue weighted by molar-refractivity contribution is 0.0762. The fourth-order valence-corrected chi connectivity index (χ4v) is 3.58. The normalized spacial score (nSPS) is 15.7. The van der Waals surface area contributed by atoms with Gasteiger partial charge in [0.15, 0.2) is 0 Å². The van der Waals surface area contributed by atoms with Crippen LogP contribution in [0.4, 0.5) is 0 Å². The first-order valence-electron chi connectivity index (χ1n) is 9.42. The molecule has 1 heterocycles. The van der Waals surface area contributed by atoms with Crippen molar-refractivity contribution in [1.29, 1.82) is 0 Å². The Morgan fingerprint density at radius 3 is 2.38 bits per heavy atom. The summed E-state index contributed by atoms with van der Waals surface area (Å²) in [5.41, 5.74) is 4.86. The summed E-state index contributed by atoms with van der Waals surface area (Å²) < 4.78 is 0. The van der Waals surface area contributed by atoms with Crippen LogP contribution in [0.15, 0.2) is 36.4 Å². The van der Waals surface area contributed by atoms with Gasteiger partial charge in [0.25, 0.3) is 5.91 Å². The van der Waals surface area contributed by atoms with Crippen LogP contribution in [0.2, 0.25) is 0 Å². The van der Waals surface area contributed by atoms with Crippen molar-refractivity contribution in [2.75, 3.05) is 32.7 Å². The monoisotopic (exact) mass is 352 g/mol. The van der Waals surface area contributed by atoms with Gasteiger partial charge in [-0.05, 0) is 73.8 Å². The molecule has 1 saturated heterocycles. The molecule has 26 heavy (non-hydrogen) atoms. The fourth-order valence-electron chi connectivity index (χ4n) is 3.58. The first-order valence-corrected chi connectivity index (χ1v) is 9.42. The van der Waals surface area contributed by atoms with Gasteiger partial charge in [0, 0.05) is 25.2 Å². The lowest BCUT2D eigenvalue weighted by atomic mass is 9.95. The molecular formula is C22H28N2O2. The van der Waals surface area contributed by atoms with Crippen molar-refractivity contribution >= 4 is 5.91 Å². The first-order chi connectivity index (χ1) is 12.5. The first kappa shape index (κ1) is 18.5. The van der Waals surface area contributed by atoms with Gasteiger partial charge >= 0.3 is 0 Å². The van der Waals surface area contributed by atoms with Gasteiger partial charge in [-0.1, -0.05) is 25.1 Å². The minimum atomic E-state index is 0.119. The van der Waals surface area contributed by atoms with Crippen LogP contribution < -0.4 is 0 Å². The van der Waals surface area contributed by atoms with E-state index in [4.69, 9.17) is 0 Å². The fraction of sp³-hybridized carbons (Fsp3) is 0.409. The lowest BCUT2D eigenvalue weighted by Gasteiger charge is -2.21. The molecule has 0 atom stereocenters. The number of carbonyl (C=O) groups excluding carboxylic acids is 1. The second-order valence-corrected chi connectivity index (χ2v) is 7.04. The second kappa shape index (κ2) is 7.92. The third-order valence-electron chi connectivity index (χ3n) is 5.52. The molecule has 3 rings (SSSR count). The number of amides is 1. The van der Waals surface area contributed by atoms with Crippen LogP contribution in [0, 0.1) is 13.8 Å². The SMILES string of the molecule is CCN1CCCN(C(=O)c2ccc(-c3ccc(O)c(C)c3C)cc2)CC1. The summed E-state index contributed by atoms with van der Waals surface area (Å²) in [5.74, 6) is 0.438. The summed E-state index contributed by atoms with van der Waals surface area (Å²) in [7, 11) is 0. The Morgan fingerprint density at radius 1 is 0.962 bits per heavy atom. The van der Waals surface area contributed by atoms with Crippen LogP contribution in [-0.2, 0) is 0 Å². The molecule has 1 fully saturated rings. The zero-order chi connectivity index (χ0) is 18.7. The third-order valence-corrected chi connectivity index (χ3v) is 5.52. The average Bonchev–Trinajstić information content (AvgIpc) is 2.91. The molecule has 138 valence electrons. The van der Waals surface area contributed by atoms with E-state index in [1.807, 2.05) is 49.1 Å². The summed E-state index contributed by atoms with van der Waals surface area (Å²) in [5, 5.41) is 9.84. The number of hydrogen-bond acceptors (Lipinski definition) is 3. The zero-order valence-electron chi connectivity index (χ0n) is 16.0. The number of benzene rings is 2. The Balaban J connectivity index is 1.77. The Hall–Kier alpha value is -2.33. The molecule has 0 aromatic heterocycles. The molecule has 4 nitrogen and oxygen atoms in total. The minimum Gasteiger partial charge on any atom is -0.508 e. The molecule has 1 N–H and O–H groups in total. The number of hydrogen-bond donors (Lipinski definition) is 1. The highest BCUT2D eigenvalue weighted by atomic mass is 16.3. The van der Waals surface area contributed by atoms with E-state index in [9.17, 15) is 9.90 Å². The van der Waals surface area contributed by atoms with Crippen molar-refractivity contribution in [2.45, 2.75) is 27.2 Å². The van der Waals surface area contributed by atoms with E-state index < -0.39 is 0 Å². The molecule has 2 aromatic rings. The van der Waals surface area contributed by atoms with Crippen molar-refractivity contribution in [3.05, 3.63) is 53.1 Å². The predicted molar refractivity (Wildman–Crippen MR) is 106 cm³/mol. The number of aromatic hydroxyl groups is 1. The quantitative estimate of drug-likeness (QED) is 0.913. The number of nitrogens with zero attached hydrogens (tertiary/aromatic N) is 2. The number of phenols is 1. The molecule has 4 heteroatoms. The van der Waals surface area contributed by atoms with Gasteiger partial charge in [-0.2, -0.15) is 0 Å². The van der Waals surface area contributed by atoms with E-state index >= 15 is 0 Å². The van der Waals surface area contributed by atoms with E-state index in [-0.39, 0.29) is 5.91 Å². The summed E-state index contributed by atoms with van der Waals surface area (Å²) in [4.78, 5) is 17.2. The van der Waals surface area contributed by atoms with Crippen molar-refractivity contribution in [1.82, 2.24) is 9.80 Å². The molecular weight excluding hydrogens is 324 g/mol. The molecule has 0 radical (unpaired) electrons. The molecule has 1 aliphatic rings. The largest absolute Gasteiger partial charge is 0.508 e. The van der Waals surface area contributed by atoms with E-state index in [1.54, 1.807) is 6.07 Å². The Bertz CT molecular complexity index is 783. The predicted octanol–water partition coefficient (Wildman–Crippen LogP) is 3.84. The highest BCUT2D eigenvalue weighted by Crippen LogP contribution is 2.30. The van der Waals surface area contributed by atoms with Crippen LogP contribution in [0.3, 0.4) is 0 Å². The van der Waals surface area contributed by atoms with E-state index in [0.29, 0.717) is 5.75 Å². The van der Waals surface area contributed by atoms with Gasteiger partial charge in [0.05, 0.1) is 0 Å². The average molecular weight is 352 g/mol. The number of carbonyl (C=O) groups is 1. The van der Waals surface area contributed by atoms with E-state index in [2.05, 4.69) is 11.8 Å². The highest BCUT2D eigenvalue weighted by molar-refractivity contribution is 5.94. The van der Waals surface area contributed by atoms with Crippen molar-refractivity contribution < 1.29 is 9.90 Å². The minimum absolute atomic E-state index is 0.119. The van der Waals surface area contributed by atoms with E-state index in [0.717, 1.165) is 67.0 Å². The number of phenolic OH excluding ortho intramolecular Hbond substituents is 1. The van der Waals surface area contributed by atoms with Gasteiger partial charge in [-0.15, -0.1) is 0 Å². The molecule has 0 saturated carbocycles. The van der Waals surface area contributed by atoms with Crippen LogP contribution in [0.5, 0.6) is 5.75 Å². The molecule has 1 amide bonds. The summed E-state index contributed by atoms with van der Waals surface area (Å²) >= 11 is 0. The molecule has 2 aromatic carbocycles. The van der Waals surface area contributed by atoms with Gasteiger partial charge in [-0.25, -0.2) is 0 Å². The van der Waals surface area contributed by atoms with E-state index in [1.165, 1.54) is 0 Å². The molecule has 0 unspecified atom stereocenters. The zero-order valence-corrected chi connectivity index (χ0v) is 16.0. The maximum absolute atomic E-state index is 12.8. The maximum Gasteiger partial charge on any atom is 0.253 e. The molecule has 0 bridgehead atoms. The second-order valence-electron chi connectivity index (χ2n) is 7.04. The molecule has 0 spiro atoms. The Labute approximate surface area is 156 Å². The van der Waals surface area contributed by atoms with Gasteiger partial charge < -0.3 is 14.9 Å². The van der Waals surface area contributed by atoms with Crippen molar-refractivity contribution in [2.24, 2.45) is 0 Å². The van der Waals surface area contributed by atoms with Gasteiger partial charge in [0.2, 0.25) is 0 Å². The van der Waals surface area contributed by atoms with Crippen LogP contribution in [0.25, 0.3) is 11.1 Å². The number of rotatable bonds is 3. The summed E-state index contributed by atoms with van der Waals surface area (Å²) in [6.45, 7) is 10.8. The van der Waals surface area contributed by atoms with Crippen LogP contribution >= 0.6 is 0 Å². The van der Waals surface area contributed by atoms with Crippen LogP contribution in [0.1, 0.15) is 34.8 Å². The van der Waals surface area contributed by atoms with Crippen molar-refractivity contribution in [3.8, 4) is 16.9 Å². The summed E-state index contributed by atoms with van der Waals surface area (Å²) in [6.07, 6.45) is 1.03. The Morgan fingerprint density at radius 2 is 1.69 bits per heavy atom. The summed E-state index contributed by atoms with van der Waals surface area (Å²) in [6, 6.07) is 11.5. The van der Waals surface area contributed by atoms with Gasteiger partial charge in [0.1, 0.15) is 5.75 Å². The number of likely N-dealkylation sites (N-methyl/N-ethyl adjacent to an activating group) is 1. The van der Waals surface area contributed by atoms with Crippen LogP contribution in [-0.4, -0.2) is 53.5 Å². The molecule has 0 aliphatic carbocycles. The van der Waals surface area contributed by atoms with Gasteiger partial charge in [-0.3, -0.25) is 4.79 Å².